The van der Waals surface area contributed by atoms with E-state index >= 15 is 0 Å². The van der Waals surface area contributed by atoms with Crippen LogP contribution in [0, 0.1) is 5.92 Å². The Hall–Kier alpha value is -0.780. The maximum Gasteiger partial charge on any atom is -0.0292 e. The van der Waals surface area contributed by atoms with Gasteiger partial charge < -0.3 is 0 Å². The standard InChI is InChI=1S/C18H30/c1-4-6-8-10-12-18-15-16(3)13-14-17(18)11-9-7-5-2/h4-5,16H,1-2,6-15H2,3H3. The van der Waals surface area contributed by atoms with Gasteiger partial charge in [-0.05, 0) is 70.1 Å². The lowest BCUT2D eigenvalue weighted by molar-refractivity contribution is 0.471. The number of hydrogen-bond acceptors (Lipinski definition) is 0. The monoisotopic (exact) mass is 246 g/mol. The zero-order valence-electron chi connectivity index (χ0n) is 12.2. The lowest BCUT2D eigenvalue weighted by Gasteiger charge is -2.25. The maximum absolute atomic E-state index is 3.82. The van der Waals surface area contributed by atoms with Crippen molar-refractivity contribution in [1.29, 1.82) is 0 Å². The van der Waals surface area contributed by atoms with Crippen molar-refractivity contribution in [3.63, 3.8) is 0 Å². The fourth-order valence-corrected chi connectivity index (χ4v) is 2.93. The topological polar surface area (TPSA) is 0 Å². The number of rotatable bonds is 9. The van der Waals surface area contributed by atoms with Crippen molar-refractivity contribution in [3.8, 4) is 0 Å². The summed E-state index contributed by atoms with van der Waals surface area (Å²) in [5.74, 6) is 0.905. The SMILES string of the molecule is C=CCCCCC1=C(CCCC=C)CCC(C)C1. The molecule has 0 bridgehead atoms. The molecule has 0 nitrogen and oxygen atoms in total. The lowest BCUT2D eigenvalue weighted by Crippen LogP contribution is -2.08. The second-order valence-electron chi connectivity index (χ2n) is 5.77. The summed E-state index contributed by atoms with van der Waals surface area (Å²) in [5, 5.41) is 0. The number of allylic oxidation sites excluding steroid dienone is 4. The molecule has 0 N–H and O–H groups in total. The first-order valence-corrected chi connectivity index (χ1v) is 7.69. The Morgan fingerprint density at radius 1 is 1.00 bits per heavy atom. The van der Waals surface area contributed by atoms with Crippen molar-refractivity contribution in [2.75, 3.05) is 0 Å². The summed E-state index contributed by atoms with van der Waals surface area (Å²) < 4.78 is 0. The summed E-state index contributed by atoms with van der Waals surface area (Å²) in [6.45, 7) is 10.0. The second kappa shape index (κ2) is 9.19. The summed E-state index contributed by atoms with van der Waals surface area (Å²) in [6.07, 6.45) is 17.2. The molecule has 1 unspecified atom stereocenters. The number of hydrogen-bond donors (Lipinski definition) is 0. The van der Waals surface area contributed by atoms with E-state index in [1.165, 1.54) is 64.2 Å². The van der Waals surface area contributed by atoms with E-state index in [1.54, 1.807) is 11.1 Å². The van der Waals surface area contributed by atoms with Crippen molar-refractivity contribution in [2.45, 2.75) is 71.1 Å². The molecule has 0 spiro atoms. The van der Waals surface area contributed by atoms with Crippen LogP contribution >= 0.6 is 0 Å². The lowest BCUT2D eigenvalue weighted by atomic mass is 9.81. The highest BCUT2D eigenvalue weighted by molar-refractivity contribution is 5.18. The molecule has 0 amide bonds. The average molecular weight is 246 g/mol. The molecule has 0 aromatic rings. The van der Waals surface area contributed by atoms with Gasteiger partial charge in [-0.3, -0.25) is 0 Å². The van der Waals surface area contributed by atoms with Crippen LogP contribution in [0.15, 0.2) is 36.5 Å². The zero-order chi connectivity index (χ0) is 13.2. The summed E-state index contributed by atoms with van der Waals surface area (Å²) in [7, 11) is 0. The molecule has 0 saturated heterocycles. The Bertz CT molecular complexity index is 282. The Morgan fingerprint density at radius 3 is 2.39 bits per heavy atom. The highest BCUT2D eigenvalue weighted by atomic mass is 14.2. The van der Waals surface area contributed by atoms with Crippen LogP contribution in [-0.4, -0.2) is 0 Å². The van der Waals surface area contributed by atoms with Gasteiger partial charge in [0, 0.05) is 0 Å². The van der Waals surface area contributed by atoms with Gasteiger partial charge in [0.2, 0.25) is 0 Å². The van der Waals surface area contributed by atoms with Crippen molar-refractivity contribution in [1.82, 2.24) is 0 Å². The van der Waals surface area contributed by atoms with E-state index in [0.717, 1.165) is 5.92 Å². The third-order valence-electron chi connectivity index (χ3n) is 4.06. The number of unbranched alkanes of at least 4 members (excludes halogenated alkanes) is 3. The first-order valence-electron chi connectivity index (χ1n) is 7.69. The van der Waals surface area contributed by atoms with E-state index in [9.17, 15) is 0 Å². The summed E-state index contributed by atoms with van der Waals surface area (Å²) >= 11 is 0. The quantitative estimate of drug-likeness (QED) is 0.335. The molecule has 0 fully saturated rings. The molecule has 1 rings (SSSR count). The van der Waals surface area contributed by atoms with Gasteiger partial charge in [-0.25, -0.2) is 0 Å². The van der Waals surface area contributed by atoms with Gasteiger partial charge in [-0.15, -0.1) is 13.2 Å². The van der Waals surface area contributed by atoms with Crippen LogP contribution in [0.2, 0.25) is 0 Å². The van der Waals surface area contributed by atoms with E-state index in [-0.39, 0.29) is 0 Å². The average Bonchev–Trinajstić information content (AvgIpc) is 2.37. The molecular formula is C18H30. The minimum absolute atomic E-state index is 0.905. The molecule has 0 heterocycles. The second-order valence-corrected chi connectivity index (χ2v) is 5.77. The van der Waals surface area contributed by atoms with Gasteiger partial charge in [0.25, 0.3) is 0 Å². The normalized spacial score (nSPS) is 19.9. The van der Waals surface area contributed by atoms with Gasteiger partial charge in [0.05, 0.1) is 0 Å². The fraction of sp³-hybridized carbons (Fsp3) is 0.667. The predicted molar refractivity (Wildman–Crippen MR) is 82.8 cm³/mol. The van der Waals surface area contributed by atoms with Crippen LogP contribution in [0.5, 0.6) is 0 Å². The van der Waals surface area contributed by atoms with Crippen LogP contribution in [0.1, 0.15) is 71.1 Å². The molecule has 1 aliphatic rings. The van der Waals surface area contributed by atoms with Gasteiger partial charge in [0.15, 0.2) is 0 Å². The van der Waals surface area contributed by atoms with Crippen LogP contribution in [0.25, 0.3) is 0 Å². The Kier molecular flexibility index (Phi) is 7.80. The third kappa shape index (κ3) is 5.71. The fourth-order valence-electron chi connectivity index (χ4n) is 2.93. The molecule has 0 aliphatic heterocycles. The minimum atomic E-state index is 0.905. The molecular weight excluding hydrogens is 216 g/mol. The van der Waals surface area contributed by atoms with Crippen LogP contribution in [0.4, 0.5) is 0 Å². The molecule has 18 heavy (non-hydrogen) atoms. The van der Waals surface area contributed by atoms with Crippen LogP contribution < -0.4 is 0 Å². The molecule has 1 aliphatic carbocycles. The van der Waals surface area contributed by atoms with Gasteiger partial charge in [-0.1, -0.05) is 30.2 Å². The van der Waals surface area contributed by atoms with Crippen molar-refractivity contribution in [2.24, 2.45) is 5.92 Å². The van der Waals surface area contributed by atoms with E-state index < -0.39 is 0 Å². The largest absolute Gasteiger partial charge is 0.103 e. The van der Waals surface area contributed by atoms with E-state index in [2.05, 4.69) is 26.2 Å². The highest BCUT2D eigenvalue weighted by Crippen LogP contribution is 2.34. The van der Waals surface area contributed by atoms with E-state index in [1.807, 2.05) is 6.08 Å². The van der Waals surface area contributed by atoms with Gasteiger partial charge in [-0.2, -0.15) is 0 Å². The molecule has 0 aromatic carbocycles. The summed E-state index contributed by atoms with van der Waals surface area (Å²) in [5.41, 5.74) is 3.58. The molecule has 1 atom stereocenters. The maximum atomic E-state index is 3.82. The summed E-state index contributed by atoms with van der Waals surface area (Å²) in [4.78, 5) is 0. The highest BCUT2D eigenvalue weighted by Gasteiger charge is 2.16. The molecule has 0 saturated carbocycles. The molecule has 0 radical (unpaired) electrons. The van der Waals surface area contributed by atoms with Gasteiger partial charge in [0.1, 0.15) is 0 Å². The minimum Gasteiger partial charge on any atom is -0.103 e. The smallest absolute Gasteiger partial charge is 0.0292 e. The van der Waals surface area contributed by atoms with Crippen LogP contribution in [-0.2, 0) is 0 Å². The van der Waals surface area contributed by atoms with Crippen molar-refractivity contribution in [3.05, 3.63) is 36.5 Å². The molecule has 102 valence electrons. The zero-order valence-corrected chi connectivity index (χ0v) is 12.2. The van der Waals surface area contributed by atoms with E-state index in [4.69, 9.17) is 0 Å². The predicted octanol–water partition coefficient (Wildman–Crippen LogP) is 6.21. The summed E-state index contributed by atoms with van der Waals surface area (Å²) in [6, 6.07) is 0. The third-order valence-corrected chi connectivity index (χ3v) is 4.06. The molecule has 0 aromatic heterocycles. The van der Waals surface area contributed by atoms with Gasteiger partial charge >= 0.3 is 0 Å². The Morgan fingerprint density at radius 2 is 1.67 bits per heavy atom. The Labute approximate surface area is 114 Å². The Balaban J connectivity index is 2.46. The van der Waals surface area contributed by atoms with Crippen molar-refractivity contribution < 1.29 is 0 Å². The first-order chi connectivity index (χ1) is 8.77. The van der Waals surface area contributed by atoms with Crippen LogP contribution in [0.3, 0.4) is 0 Å². The first kappa shape index (κ1) is 15.3. The van der Waals surface area contributed by atoms with Crippen molar-refractivity contribution >= 4 is 0 Å². The molecule has 0 heteroatoms. The van der Waals surface area contributed by atoms with E-state index in [0.29, 0.717) is 0 Å².